The number of carbonyl (C=O) groups is 1. The highest BCUT2D eigenvalue weighted by molar-refractivity contribution is 9.10. The minimum absolute atomic E-state index is 0.0693. The number of benzene rings is 2. The Hall–Kier alpha value is -2.98. The molecule has 178 valence electrons. The summed E-state index contributed by atoms with van der Waals surface area (Å²) in [5.74, 6) is -5.49. The molecule has 4 rings (SSSR count). The smallest absolute Gasteiger partial charge is 0.258 e. The maximum absolute atomic E-state index is 15.3. The standard InChI is InChI=1S/C24H21BrF4N4O/c1-12-7-13(30)11-33(10-12)23-15(25)8-31-9-19(23)32-24(34)14-5-6-18(28)21(22(14)29)20-16(26)3-2-4-17(20)27/h2-6,8-9,12-13H,7,10-11,30H2,1H3,(H,32,34)/t12-,13+/m1/s1. The summed E-state index contributed by atoms with van der Waals surface area (Å²) in [6, 6.07) is 4.49. The summed E-state index contributed by atoms with van der Waals surface area (Å²) in [6.07, 6.45) is 3.83. The fourth-order valence-electron chi connectivity index (χ4n) is 4.31. The average molecular weight is 537 g/mol. The van der Waals surface area contributed by atoms with Crippen LogP contribution in [0.5, 0.6) is 0 Å². The summed E-state index contributed by atoms with van der Waals surface area (Å²) in [5.41, 5.74) is 4.66. The highest BCUT2D eigenvalue weighted by atomic mass is 79.9. The second-order valence-electron chi connectivity index (χ2n) is 8.36. The van der Waals surface area contributed by atoms with Crippen LogP contribution in [0.2, 0.25) is 0 Å². The molecule has 2 aromatic carbocycles. The first kappa shape index (κ1) is 24.2. The number of halogens is 5. The second kappa shape index (κ2) is 9.71. The molecule has 3 N–H and O–H groups in total. The van der Waals surface area contributed by atoms with E-state index in [1.807, 2.05) is 4.90 Å². The van der Waals surface area contributed by atoms with Crippen molar-refractivity contribution >= 4 is 33.2 Å². The van der Waals surface area contributed by atoms with Gasteiger partial charge in [0.1, 0.15) is 23.3 Å². The molecule has 1 amide bonds. The predicted octanol–water partition coefficient (Wildman–Crippen LogP) is 5.49. The molecule has 34 heavy (non-hydrogen) atoms. The Kier molecular flexibility index (Phi) is 6.90. The van der Waals surface area contributed by atoms with Crippen LogP contribution in [0.3, 0.4) is 0 Å². The Morgan fingerprint density at radius 2 is 1.74 bits per heavy atom. The fourth-order valence-corrected chi connectivity index (χ4v) is 4.89. The maximum atomic E-state index is 15.3. The van der Waals surface area contributed by atoms with Crippen LogP contribution in [0.4, 0.5) is 28.9 Å². The summed E-state index contributed by atoms with van der Waals surface area (Å²) in [7, 11) is 0. The van der Waals surface area contributed by atoms with E-state index in [4.69, 9.17) is 5.73 Å². The van der Waals surface area contributed by atoms with Crippen LogP contribution < -0.4 is 16.0 Å². The third-order valence-electron chi connectivity index (χ3n) is 5.68. The molecule has 1 aliphatic rings. The van der Waals surface area contributed by atoms with Gasteiger partial charge in [-0.15, -0.1) is 0 Å². The number of nitrogens with two attached hydrogens (primary N) is 1. The molecule has 2 atom stereocenters. The lowest BCUT2D eigenvalue weighted by Crippen LogP contribution is -2.46. The van der Waals surface area contributed by atoms with E-state index in [9.17, 15) is 18.0 Å². The number of aromatic nitrogens is 1. The van der Waals surface area contributed by atoms with Crippen LogP contribution in [0.25, 0.3) is 11.1 Å². The highest BCUT2D eigenvalue weighted by Crippen LogP contribution is 2.37. The lowest BCUT2D eigenvalue weighted by Gasteiger charge is -2.37. The van der Waals surface area contributed by atoms with Gasteiger partial charge in [0, 0.05) is 25.3 Å². The van der Waals surface area contributed by atoms with Gasteiger partial charge in [-0.2, -0.15) is 0 Å². The van der Waals surface area contributed by atoms with Crippen molar-refractivity contribution in [1.82, 2.24) is 4.98 Å². The first-order valence-electron chi connectivity index (χ1n) is 10.5. The van der Waals surface area contributed by atoms with Crippen molar-refractivity contribution < 1.29 is 22.4 Å². The Balaban J connectivity index is 1.72. The Labute approximate surface area is 202 Å². The molecule has 10 heteroatoms. The molecule has 0 spiro atoms. The topological polar surface area (TPSA) is 71.2 Å². The highest BCUT2D eigenvalue weighted by Gasteiger charge is 2.28. The van der Waals surface area contributed by atoms with Gasteiger partial charge in [0.15, 0.2) is 0 Å². The first-order chi connectivity index (χ1) is 16.2. The number of carbonyl (C=O) groups excluding carboxylic acids is 1. The lowest BCUT2D eigenvalue weighted by molar-refractivity contribution is 0.102. The summed E-state index contributed by atoms with van der Waals surface area (Å²) in [6.45, 7) is 3.29. The van der Waals surface area contributed by atoms with Gasteiger partial charge in [0.25, 0.3) is 5.91 Å². The molecule has 0 aliphatic carbocycles. The van der Waals surface area contributed by atoms with Gasteiger partial charge in [0.05, 0.1) is 38.7 Å². The summed E-state index contributed by atoms with van der Waals surface area (Å²) in [5, 5.41) is 2.60. The molecule has 1 aromatic heterocycles. The van der Waals surface area contributed by atoms with Crippen LogP contribution in [0.15, 0.2) is 47.2 Å². The third kappa shape index (κ3) is 4.65. The molecular formula is C24H21BrF4N4O. The zero-order valence-electron chi connectivity index (χ0n) is 18.1. The minimum Gasteiger partial charge on any atom is -0.367 e. The molecule has 0 radical (unpaired) electrons. The molecule has 3 aromatic rings. The number of pyridine rings is 1. The van der Waals surface area contributed by atoms with Gasteiger partial charge in [-0.3, -0.25) is 9.78 Å². The number of piperidine rings is 1. The van der Waals surface area contributed by atoms with E-state index >= 15 is 4.39 Å². The van der Waals surface area contributed by atoms with Crippen LogP contribution in [0, 0.1) is 29.2 Å². The van der Waals surface area contributed by atoms with Crippen LogP contribution in [-0.4, -0.2) is 30.0 Å². The zero-order valence-corrected chi connectivity index (χ0v) is 19.7. The molecule has 0 unspecified atom stereocenters. The first-order valence-corrected chi connectivity index (χ1v) is 11.3. The number of nitrogens with one attached hydrogen (secondary N) is 1. The quantitative estimate of drug-likeness (QED) is 0.432. The van der Waals surface area contributed by atoms with Gasteiger partial charge in [-0.1, -0.05) is 13.0 Å². The summed E-state index contributed by atoms with van der Waals surface area (Å²) < 4.78 is 58.8. The van der Waals surface area contributed by atoms with Gasteiger partial charge in [-0.25, -0.2) is 17.6 Å². The van der Waals surface area contributed by atoms with E-state index in [0.29, 0.717) is 29.2 Å². The van der Waals surface area contributed by atoms with Crippen molar-refractivity contribution in [3.05, 3.63) is 76.0 Å². The zero-order chi connectivity index (χ0) is 24.6. The van der Waals surface area contributed by atoms with E-state index in [1.165, 1.54) is 6.20 Å². The number of hydrogen-bond donors (Lipinski definition) is 2. The molecule has 1 saturated heterocycles. The maximum Gasteiger partial charge on any atom is 0.258 e. The third-order valence-corrected chi connectivity index (χ3v) is 6.26. The molecule has 2 heterocycles. The minimum atomic E-state index is -1.38. The van der Waals surface area contributed by atoms with Crippen molar-refractivity contribution in [2.24, 2.45) is 11.7 Å². The van der Waals surface area contributed by atoms with E-state index in [1.54, 1.807) is 6.20 Å². The lowest BCUT2D eigenvalue weighted by atomic mass is 9.96. The summed E-state index contributed by atoms with van der Waals surface area (Å²) >= 11 is 3.45. The van der Waals surface area contributed by atoms with E-state index < -0.39 is 45.9 Å². The Morgan fingerprint density at radius 3 is 2.41 bits per heavy atom. The van der Waals surface area contributed by atoms with Crippen molar-refractivity contribution in [3.8, 4) is 11.1 Å². The van der Waals surface area contributed by atoms with E-state index in [0.717, 1.165) is 36.8 Å². The second-order valence-corrected chi connectivity index (χ2v) is 9.21. The molecular weight excluding hydrogens is 516 g/mol. The number of amides is 1. The summed E-state index contributed by atoms with van der Waals surface area (Å²) in [4.78, 5) is 19.1. The van der Waals surface area contributed by atoms with Crippen molar-refractivity contribution in [1.29, 1.82) is 0 Å². The van der Waals surface area contributed by atoms with Gasteiger partial charge in [0.2, 0.25) is 0 Å². The molecule has 5 nitrogen and oxygen atoms in total. The van der Waals surface area contributed by atoms with E-state index in [-0.39, 0.29) is 11.7 Å². The van der Waals surface area contributed by atoms with Crippen molar-refractivity contribution in [3.63, 3.8) is 0 Å². The SMILES string of the molecule is C[C@@H]1C[C@H](N)CN(c2c(Br)cncc2NC(=O)c2ccc(F)c(-c3c(F)cccc3F)c2F)C1. The number of hydrogen-bond acceptors (Lipinski definition) is 4. The average Bonchev–Trinajstić information content (AvgIpc) is 2.75. The molecule has 1 aliphatic heterocycles. The van der Waals surface area contributed by atoms with Gasteiger partial charge in [-0.05, 0) is 52.5 Å². The molecule has 1 fully saturated rings. The normalized spacial score (nSPS) is 18.1. The fraction of sp³-hybridized carbons (Fsp3) is 0.250. The van der Waals surface area contributed by atoms with Crippen LogP contribution in [0.1, 0.15) is 23.7 Å². The largest absolute Gasteiger partial charge is 0.367 e. The van der Waals surface area contributed by atoms with Gasteiger partial charge >= 0.3 is 0 Å². The van der Waals surface area contributed by atoms with Crippen LogP contribution in [-0.2, 0) is 0 Å². The van der Waals surface area contributed by atoms with Crippen molar-refractivity contribution in [2.75, 3.05) is 23.3 Å². The number of nitrogens with zero attached hydrogens (tertiary/aromatic N) is 2. The molecule has 0 saturated carbocycles. The predicted molar refractivity (Wildman–Crippen MR) is 126 cm³/mol. The molecule has 0 bridgehead atoms. The Morgan fingerprint density at radius 1 is 1.06 bits per heavy atom. The monoisotopic (exact) mass is 536 g/mol. The van der Waals surface area contributed by atoms with Gasteiger partial charge < -0.3 is 16.0 Å². The van der Waals surface area contributed by atoms with Crippen molar-refractivity contribution in [2.45, 2.75) is 19.4 Å². The Bertz CT molecular complexity index is 1230. The number of rotatable bonds is 4. The van der Waals surface area contributed by atoms with E-state index in [2.05, 4.69) is 33.2 Å². The van der Waals surface area contributed by atoms with Crippen LogP contribution >= 0.6 is 15.9 Å². The number of anilines is 2.